The monoisotopic (exact) mass is 258 g/mol. The van der Waals surface area contributed by atoms with Gasteiger partial charge in [-0.25, -0.2) is 9.59 Å². The zero-order valence-corrected chi connectivity index (χ0v) is 11.0. The zero-order chi connectivity index (χ0) is 12.9. The third-order valence-electron chi connectivity index (χ3n) is 1.55. The van der Waals surface area contributed by atoms with Gasteiger partial charge in [-0.1, -0.05) is 12.2 Å². The van der Waals surface area contributed by atoms with Crippen LogP contribution in [0.4, 0.5) is 0 Å². The summed E-state index contributed by atoms with van der Waals surface area (Å²) in [4.78, 5) is 21.8. The molecule has 0 aromatic carbocycles. The van der Waals surface area contributed by atoms with Crippen molar-refractivity contribution in [2.75, 3.05) is 24.7 Å². The summed E-state index contributed by atoms with van der Waals surface area (Å²) in [5, 5.41) is 0. The molecular formula is C12H18O4S. The molecule has 0 N–H and O–H groups in total. The van der Waals surface area contributed by atoms with E-state index in [0.717, 1.165) is 0 Å². The molecule has 0 unspecified atom stereocenters. The lowest BCUT2D eigenvalue weighted by Crippen LogP contribution is -2.07. The summed E-state index contributed by atoms with van der Waals surface area (Å²) in [6, 6.07) is 0. The SMILES string of the molecule is CC=CC(=O)OCCSCCOC(=O)C=CC. The van der Waals surface area contributed by atoms with Gasteiger partial charge in [0.25, 0.3) is 0 Å². The largest absolute Gasteiger partial charge is 0.462 e. The van der Waals surface area contributed by atoms with Crippen molar-refractivity contribution in [1.82, 2.24) is 0 Å². The van der Waals surface area contributed by atoms with Gasteiger partial charge in [0.05, 0.1) is 0 Å². The Balaban J connectivity index is 3.30. The van der Waals surface area contributed by atoms with E-state index in [2.05, 4.69) is 0 Å². The van der Waals surface area contributed by atoms with E-state index in [1.54, 1.807) is 37.8 Å². The van der Waals surface area contributed by atoms with Crippen LogP contribution < -0.4 is 0 Å². The highest BCUT2D eigenvalue weighted by Crippen LogP contribution is 2.00. The van der Waals surface area contributed by atoms with Gasteiger partial charge in [-0.3, -0.25) is 0 Å². The number of esters is 2. The maximum absolute atomic E-state index is 10.9. The molecule has 0 saturated heterocycles. The molecule has 0 rings (SSSR count). The van der Waals surface area contributed by atoms with E-state index < -0.39 is 0 Å². The van der Waals surface area contributed by atoms with Crippen LogP contribution in [-0.4, -0.2) is 36.7 Å². The summed E-state index contributed by atoms with van der Waals surface area (Å²) in [7, 11) is 0. The number of thioether (sulfide) groups is 1. The molecule has 5 heteroatoms. The van der Waals surface area contributed by atoms with Gasteiger partial charge in [-0.15, -0.1) is 0 Å². The molecule has 0 aliphatic rings. The Kier molecular flexibility index (Phi) is 10.4. The smallest absolute Gasteiger partial charge is 0.330 e. The molecule has 0 fully saturated rings. The Morgan fingerprint density at radius 3 is 1.71 bits per heavy atom. The van der Waals surface area contributed by atoms with Crippen LogP contribution in [0.15, 0.2) is 24.3 Å². The minimum Gasteiger partial charge on any atom is -0.462 e. The van der Waals surface area contributed by atoms with Gasteiger partial charge < -0.3 is 9.47 Å². The highest BCUT2D eigenvalue weighted by Gasteiger charge is 1.98. The molecular weight excluding hydrogens is 240 g/mol. The lowest BCUT2D eigenvalue weighted by molar-refractivity contribution is -0.137. The number of hydrogen-bond donors (Lipinski definition) is 0. The summed E-state index contributed by atoms with van der Waals surface area (Å²) in [5.74, 6) is 0.745. The van der Waals surface area contributed by atoms with Gasteiger partial charge in [-0.05, 0) is 13.8 Å². The maximum atomic E-state index is 10.9. The molecule has 0 aliphatic heterocycles. The van der Waals surface area contributed by atoms with Gasteiger partial charge in [0.1, 0.15) is 13.2 Å². The van der Waals surface area contributed by atoms with Gasteiger partial charge in [0, 0.05) is 23.7 Å². The van der Waals surface area contributed by atoms with E-state index in [1.807, 2.05) is 0 Å². The maximum Gasteiger partial charge on any atom is 0.330 e. The summed E-state index contributed by atoms with van der Waals surface area (Å²) in [6.07, 6.45) is 6.03. The minimum absolute atomic E-state index is 0.326. The highest BCUT2D eigenvalue weighted by molar-refractivity contribution is 7.99. The average Bonchev–Trinajstić information content (AvgIpc) is 2.28. The van der Waals surface area contributed by atoms with Gasteiger partial charge in [0.2, 0.25) is 0 Å². The van der Waals surface area contributed by atoms with Crippen molar-refractivity contribution in [1.29, 1.82) is 0 Å². The second-order valence-electron chi connectivity index (χ2n) is 2.95. The molecule has 0 spiro atoms. The molecule has 0 radical (unpaired) electrons. The van der Waals surface area contributed by atoms with Crippen molar-refractivity contribution in [3.63, 3.8) is 0 Å². The molecule has 0 aliphatic carbocycles. The normalized spacial score (nSPS) is 10.9. The lowest BCUT2D eigenvalue weighted by Gasteiger charge is -2.03. The number of carbonyl (C=O) groups excluding carboxylic acids is 2. The fourth-order valence-corrected chi connectivity index (χ4v) is 1.48. The quantitative estimate of drug-likeness (QED) is 0.378. The molecule has 4 nitrogen and oxygen atoms in total. The minimum atomic E-state index is -0.326. The molecule has 0 heterocycles. The van der Waals surface area contributed by atoms with Crippen LogP contribution >= 0.6 is 11.8 Å². The van der Waals surface area contributed by atoms with Crippen molar-refractivity contribution in [3.05, 3.63) is 24.3 Å². The molecule has 17 heavy (non-hydrogen) atoms. The Hall–Kier alpha value is -1.23. The third kappa shape index (κ3) is 11.0. The number of carbonyl (C=O) groups is 2. The first-order valence-electron chi connectivity index (χ1n) is 5.37. The van der Waals surface area contributed by atoms with E-state index >= 15 is 0 Å². The highest BCUT2D eigenvalue weighted by atomic mass is 32.2. The fourth-order valence-electron chi connectivity index (χ4n) is 0.873. The first-order valence-corrected chi connectivity index (χ1v) is 6.52. The van der Waals surface area contributed by atoms with E-state index in [4.69, 9.17) is 9.47 Å². The van der Waals surface area contributed by atoms with E-state index in [9.17, 15) is 9.59 Å². The molecule has 96 valence electrons. The number of rotatable bonds is 8. The molecule has 0 aromatic heterocycles. The fraction of sp³-hybridized carbons (Fsp3) is 0.500. The summed E-state index contributed by atoms with van der Waals surface area (Å²) in [5.41, 5.74) is 0. The van der Waals surface area contributed by atoms with Crippen LogP contribution in [0.5, 0.6) is 0 Å². The van der Waals surface area contributed by atoms with Crippen molar-refractivity contribution >= 4 is 23.7 Å². The Labute approximate surface area is 106 Å². The average molecular weight is 258 g/mol. The van der Waals surface area contributed by atoms with Gasteiger partial charge in [0.15, 0.2) is 0 Å². The first-order chi connectivity index (χ1) is 8.20. The van der Waals surface area contributed by atoms with Gasteiger partial charge in [-0.2, -0.15) is 11.8 Å². The van der Waals surface area contributed by atoms with E-state index in [-0.39, 0.29) is 11.9 Å². The summed E-state index contributed by atoms with van der Waals surface area (Å²) in [6.45, 7) is 4.26. The molecule has 0 bridgehead atoms. The van der Waals surface area contributed by atoms with E-state index in [1.165, 1.54) is 12.2 Å². The molecule has 0 saturated carbocycles. The number of hydrogen-bond acceptors (Lipinski definition) is 5. The predicted molar refractivity (Wildman–Crippen MR) is 68.9 cm³/mol. The van der Waals surface area contributed by atoms with Crippen LogP contribution in [0.1, 0.15) is 13.8 Å². The van der Waals surface area contributed by atoms with Crippen LogP contribution in [0.3, 0.4) is 0 Å². The molecule has 0 atom stereocenters. The van der Waals surface area contributed by atoms with Crippen LogP contribution in [-0.2, 0) is 19.1 Å². The summed E-state index contributed by atoms with van der Waals surface area (Å²) < 4.78 is 9.77. The number of allylic oxidation sites excluding steroid dienone is 2. The Morgan fingerprint density at radius 2 is 1.35 bits per heavy atom. The van der Waals surface area contributed by atoms with E-state index in [0.29, 0.717) is 24.7 Å². The summed E-state index contributed by atoms with van der Waals surface area (Å²) >= 11 is 1.57. The van der Waals surface area contributed by atoms with Crippen molar-refractivity contribution in [3.8, 4) is 0 Å². The van der Waals surface area contributed by atoms with Crippen LogP contribution in [0.25, 0.3) is 0 Å². The van der Waals surface area contributed by atoms with Crippen molar-refractivity contribution in [2.45, 2.75) is 13.8 Å². The zero-order valence-electron chi connectivity index (χ0n) is 10.2. The third-order valence-corrected chi connectivity index (χ3v) is 2.46. The number of ether oxygens (including phenoxy) is 2. The first kappa shape index (κ1) is 15.8. The predicted octanol–water partition coefficient (Wildman–Crippen LogP) is 1.96. The molecule has 0 aromatic rings. The topological polar surface area (TPSA) is 52.6 Å². The molecule has 0 amide bonds. The standard InChI is InChI=1S/C12H18O4S/c1-3-5-11(13)15-7-9-17-10-8-16-12(14)6-4-2/h3-6H,7-10H2,1-2H3. The van der Waals surface area contributed by atoms with Crippen LogP contribution in [0.2, 0.25) is 0 Å². The van der Waals surface area contributed by atoms with Crippen molar-refractivity contribution < 1.29 is 19.1 Å². The van der Waals surface area contributed by atoms with Crippen molar-refractivity contribution in [2.24, 2.45) is 0 Å². The second kappa shape index (κ2) is 11.3. The van der Waals surface area contributed by atoms with Gasteiger partial charge >= 0.3 is 11.9 Å². The second-order valence-corrected chi connectivity index (χ2v) is 4.17. The van der Waals surface area contributed by atoms with Crippen LogP contribution in [0, 0.1) is 0 Å². The Bertz CT molecular complexity index is 256. The lowest BCUT2D eigenvalue weighted by atomic mass is 10.5. The Morgan fingerprint density at radius 1 is 0.941 bits per heavy atom.